The molecule has 1 aromatic rings. The summed E-state index contributed by atoms with van der Waals surface area (Å²) in [7, 11) is 0. The third kappa shape index (κ3) is 3.35. The highest BCUT2D eigenvalue weighted by Crippen LogP contribution is 2.24. The lowest BCUT2D eigenvalue weighted by Gasteiger charge is -2.19. The summed E-state index contributed by atoms with van der Waals surface area (Å²) >= 11 is 0. The highest BCUT2D eigenvalue weighted by atomic mass is 16.5. The van der Waals surface area contributed by atoms with Gasteiger partial charge in [0, 0.05) is 18.0 Å². The van der Waals surface area contributed by atoms with Gasteiger partial charge in [0.05, 0.1) is 5.69 Å². The van der Waals surface area contributed by atoms with Gasteiger partial charge in [-0.05, 0) is 11.6 Å². The first kappa shape index (κ1) is 12.7. The minimum absolute atomic E-state index is 0.00251. The molecular formula is C13H20N2O. The largest absolute Gasteiger partial charge is 0.473 e. The zero-order valence-electron chi connectivity index (χ0n) is 10.3. The van der Waals surface area contributed by atoms with E-state index in [1.54, 1.807) is 6.08 Å². The Hall–Kier alpha value is -1.35. The van der Waals surface area contributed by atoms with Gasteiger partial charge in [0.25, 0.3) is 0 Å². The number of pyridine rings is 1. The van der Waals surface area contributed by atoms with Gasteiger partial charge >= 0.3 is 0 Å². The second kappa shape index (κ2) is 5.12. The molecule has 0 aliphatic heterocycles. The Kier molecular flexibility index (Phi) is 4.07. The molecule has 3 heteroatoms. The van der Waals surface area contributed by atoms with Crippen LogP contribution in [0.1, 0.15) is 32.0 Å². The Labute approximate surface area is 97.3 Å². The summed E-state index contributed by atoms with van der Waals surface area (Å²) in [5, 5.41) is 0. The third-order valence-corrected chi connectivity index (χ3v) is 2.21. The van der Waals surface area contributed by atoms with E-state index in [2.05, 4.69) is 32.3 Å². The van der Waals surface area contributed by atoms with E-state index in [4.69, 9.17) is 10.5 Å². The molecular weight excluding hydrogens is 200 g/mol. The van der Waals surface area contributed by atoms with Crippen LogP contribution in [0.4, 0.5) is 0 Å². The molecule has 0 atom stereocenters. The molecule has 0 aliphatic carbocycles. The Balaban J connectivity index is 3.05. The van der Waals surface area contributed by atoms with Crippen molar-refractivity contribution >= 4 is 0 Å². The van der Waals surface area contributed by atoms with Crippen molar-refractivity contribution in [2.75, 3.05) is 6.61 Å². The lowest BCUT2D eigenvalue weighted by Crippen LogP contribution is -2.15. The number of hydrogen-bond acceptors (Lipinski definition) is 3. The fourth-order valence-corrected chi connectivity index (χ4v) is 1.28. The molecule has 0 spiro atoms. The van der Waals surface area contributed by atoms with Gasteiger partial charge in [-0.15, -0.1) is 0 Å². The van der Waals surface area contributed by atoms with Crippen LogP contribution in [-0.4, -0.2) is 11.6 Å². The number of aromatic nitrogens is 1. The van der Waals surface area contributed by atoms with Crippen molar-refractivity contribution in [3.8, 4) is 5.88 Å². The normalized spacial score (nSPS) is 11.2. The quantitative estimate of drug-likeness (QED) is 0.793. The van der Waals surface area contributed by atoms with E-state index in [1.807, 2.05) is 12.1 Å². The molecule has 3 nitrogen and oxygen atoms in total. The van der Waals surface area contributed by atoms with Gasteiger partial charge in [0.1, 0.15) is 6.61 Å². The fraction of sp³-hybridized carbons (Fsp3) is 0.462. The standard InChI is InChI=1S/C13H20N2O/c1-5-6-16-12-8-10(9-14)7-11(15-12)13(2,3)4/h5,7-8H,1,6,9,14H2,2-4H3. The third-order valence-electron chi connectivity index (χ3n) is 2.21. The maximum Gasteiger partial charge on any atom is 0.214 e. The lowest BCUT2D eigenvalue weighted by molar-refractivity contribution is 0.344. The topological polar surface area (TPSA) is 48.1 Å². The van der Waals surface area contributed by atoms with Gasteiger partial charge in [-0.3, -0.25) is 0 Å². The Morgan fingerprint density at radius 2 is 2.12 bits per heavy atom. The molecule has 1 aromatic heterocycles. The number of hydrogen-bond donors (Lipinski definition) is 1. The van der Waals surface area contributed by atoms with Crippen molar-refractivity contribution in [3.05, 3.63) is 36.0 Å². The summed E-state index contributed by atoms with van der Waals surface area (Å²) in [6.07, 6.45) is 1.70. The fourth-order valence-electron chi connectivity index (χ4n) is 1.28. The average molecular weight is 220 g/mol. The van der Waals surface area contributed by atoms with Crippen LogP contribution in [0, 0.1) is 0 Å². The SMILES string of the molecule is C=CCOc1cc(CN)cc(C(C)(C)C)n1. The van der Waals surface area contributed by atoms with E-state index >= 15 is 0 Å². The van der Waals surface area contributed by atoms with E-state index in [-0.39, 0.29) is 5.41 Å². The molecule has 0 radical (unpaired) electrons. The van der Waals surface area contributed by atoms with E-state index < -0.39 is 0 Å². The Bertz CT molecular complexity index is 367. The van der Waals surface area contributed by atoms with Gasteiger partial charge in [-0.2, -0.15) is 0 Å². The van der Waals surface area contributed by atoms with Gasteiger partial charge in [0.15, 0.2) is 0 Å². The van der Waals surface area contributed by atoms with E-state index in [0.29, 0.717) is 19.0 Å². The minimum Gasteiger partial charge on any atom is -0.473 e. The summed E-state index contributed by atoms with van der Waals surface area (Å²) < 4.78 is 5.45. The van der Waals surface area contributed by atoms with Crippen LogP contribution < -0.4 is 10.5 Å². The van der Waals surface area contributed by atoms with Gasteiger partial charge in [0.2, 0.25) is 5.88 Å². The molecule has 1 heterocycles. The zero-order chi connectivity index (χ0) is 12.2. The summed E-state index contributed by atoms with van der Waals surface area (Å²) in [6, 6.07) is 3.90. The molecule has 0 saturated heterocycles. The molecule has 0 aromatic carbocycles. The Morgan fingerprint density at radius 3 is 2.62 bits per heavy atom. The molecule has 0 saturated carbocycles. The van der Waals surface area contributed by atoms with Crippen molar-refractivity contribution in [1.29, 1.82) is 0 Å². The second-order valence-electron chi connectivity index (χ2n) is 4.75. The van der Waals surface area contributed by atoms with E-state index in [1.165, 1.54) is 0 Å². The predicted molar refractivity (Wildman–Crippen MR) is 66.5 cm³/mol. The molecule has 88 valence electrons. The number of ether oxygens (including phenoxy) is 1. The highest BCUT2D eigenvalue weighted by molar-refractivity contribution is 5.28. The van der Waals surface area contributed by atoms with Crippen LogP contribution in [-0.2, 0) is 12.0 Å². The first-order valence-corrected chi connectivity index (χ1v) is 5.42. The van der Waals surface area contributed by atoms with Crippen LogP contribution in [0.2, 0.25) is 0 Å². The Morgan fingerprint density at radius 1 is 1.44 bits per heavy atom. The number of nitrogens with zero attached hydrogens (tertiary/aromatic N) is 1. The summed E-state index contributed by atoms with van der Waals surface area (Å²) in [4.78, 5) is 4.46. The van der Waals surface area contributed by atoms with Crippen molar-refractivity contribution in [2.24, 2.45) is 5.73 Å². The summed E-state index contributed by atoms with van der Waals surface area (Å²) in [5.74, 6) is 0.618. The van der Waals surface area contributed by atoms with Crippen molar-refractivity contribution < 1.29 is 4.74 Å². The van der Waals surface area contributed by atoms with Crippen molar-refractivity contribution in [3.63, 3.8) is 0 Å². The van der Waals surface area contributed by atoms with Crippen LogP contribution in [0.5, 0.6) is 5.88 Å². The van der Waals surface area contributed by atoms with Crippen molar-refractivity contribution in [2.45, 2.75) is 32.7 Å². The number of rotatable bonds is 4. The lowest BCUT2D eigenvalue weighted by atomic mass is 9.91. The van der Waals surface area contributed by atoms with Gasteiger partial charge in [-0.1, -0.05) is 33.4 Å². The zero-order valence-corrected chi connectivity index (χ0v) is 10.3. The van der Waals surface area contributed by atoms with E-state index in [9.17, 15) is 0 Å². The van der Waals surface area contributed by atoms with Crippen molar-refractivity contribution in [1.82, 2.24) is 4.98 Å². The number of nitrogens with two attached hydrogens (primary N) is 1. The highest BCUT2D eigenvalue weighted by Gasteiger charge is 2.17. The molecule has 16 heavy (non-hydrogen) atoms. The maximum atomic E-state index is 5.66. The first-order chi connectivity index (χ1) is 7.47. The molecule has 2 N–H and O–H groups in total. The van der Waals surface area contributed by atoms with Gasteiger partial charge < -0.3 is 10.5 Å². The summed E-state index contributed by atoms with van der Waals surface area (Å²) in [6.45, 7) is 10.9. The molecule has 0 fully saturated rings. The summed E-state index contributed by atoms with van der Waals surface area (Å²) in [5.41, 5.74) is 7.69. The first-order valence-electron chi connectivity index (χ1n) is 5.42. The van der Waals surface area contributed by atoms with Crippen LogP contribution in [0.25, 0.3) is 0 Å². The molecule has 0 aliphatic rings. The monoisotopic (exact) mass is 220 g/mol. The maximum absolute atomic E-state index is 5.66. The molecule has 1 rings (SSSR count). The smallest absolute Gasteiger partial charge is 0.214 e. The van der Waals surface area contributed by atoms with Crippen LogP contribution in [0.15, 0.2) is 24.8 Å². The van der Waals surface area contributed by atoms with Gasteiger partial charge in [-0.25, -0.2) is 4.98 Å². The van der Waals surface area contributed by atoms with Crippen LogP contribution >= 0.6 is 0 Å². The molecule has 0 unspecified atom stereocenters. The molecule has 0 bridgehead atoms. The minimum atomic E-state index is -0.00251. The van der Waals surface area contributed by atoms with Crippen LogP contribution in [0.3, 0.4) is 0 Å². The predicted octanol–water partition coefficient (Wildman–Crippen LogP) is 2.40. The molecule has 0 amide bonds. The van der Waals surface area contributed by atoms with E-state index in [0.717, 1.165) is 11.3 Å². The average Bonchev–Trinajstić information content (AvgIpc) is 2.24. The second-order valence-corrected chi connectivity index (χ2v) is 4.75.